The van der Waals surface area contributed by atoms with E-state index in [9.17, 15) is 9.59 Å². The van der Waals surface area contributed by atoms with Crippen LogP contribution in [0.2, 0.25) is 0 Å². The Morgan fingerprint density at radius 2 is 1.68 bits per heavy atom. The smallest absolute Gasteiger partial charge is 0.244 e. The molecule has 7 heteroatoms. The molecule has 1 fully saturated rings. The van der Waals surface area contributed by atoms with Gasteiger partial charge in [-0.25, -0.2) is 0 Å². The lowest BCUT2D eigenvalue weighted by Crippen LogP contribution is -2.45. The molecule has 2 aliphatic heterocycles. The third kappa shape index (κ3) is 4.00. The topological polar surface area (TPSA) is 55.9 Å². The highest BCUT2D eigenvalue weighted by molar-refractivity contribution is 8.00. The SMILES string of the molecule is CN1CCN(c2ccccc2NC(=O)CN2C(=O)CSc3ccccc32)CC1. The van der Waals surface area contributed by atoms with Crippen molar-refractivity contribution in [3.8, 4) is 0 Å². The van der Waals surface area contributed by atoms with Crippen molar-refractivity contribution < 1.29 is 9.59 Å². The maximum atomic E-state index is 12.8. The molecule has 2 heterocycles. The van der Waals surface area contributed by atoms with Crippen LogP contribution in [0.1, 0.15) is 0 Å². The molecule has 1 N–H and O–H groups in total. The summed E-state index contributed by atoms with van der Waals surface area (Å²) in [6.07, 6.45) is 0. The quantitative estimate of drug-likeness (QED) is 0.861. The zero-order chi connectivity index (χ0) is 19.5. The number of hydrogen-bond donors (Lipinski definition) is 1. The number of benzene rings is 2. The maximum Gasteiger partial charge on any atom is 0.244 e. The number of rotatable bonds is 4. The van der Waals surface area contributed by atoms with Gasteiger partial charge in [0.1, 0.15) is 6.54 Å². The normalized spacial score (nSPS) is 17.4. The molecule has 4 rings (SSSR count). The monoisotopic (exact) mass is 396 g/mol. The fourth-order valence-corrected chi connectivity index (χ4v) is 4.50. The van der Waals surface area contributed by atoms with Gasteiger partial charge in [-0.3, -0.25) is 9.59 Å². The van der Waals surface area contributed by atoms with Gasteiger partial charge in [0.15, 0.2) is 0 Å². The second-order valence-corrected chi connectivity index (χ2v) is 8.11. The van der Waals surface area contributed by atoms with E-state index in [1.54, 1.807) is 4.90 Å². The minimum absolute atomic E-state index is 0.0213. The van der Waals surface area contributed by atoms with Gasteiger partial charge < -0.3 is 20.0 Å². The summed E-state index contributed by atoms with van der Waals surface area (Å²) in [4.78, 5) is 32.4. The van der Waals surface area contributed by atoms with Crippen LogP contribution in [0.5, 0.6) is 0 Å². The molecule has 146 valence electrons. The Balaban J connectivity index is 1.48. The summed E-state index contributed by atoms with van der Waals surface area (Å²) in [6, 6.07) is 15.6. The Labute approximate surface area is 169 Å². The second kappa shape index (κ2) is 8.24. The van der Waals surface area contributed by atoms with Gasteiger partial charge in [-0.1, -0.05) is 24.3 Å². The molecule has 0 bridgehead atoms. The average molecular weight is 397 g/mol. The summed E-state index contributed by atoms with van der Waals surface area (Å²) in [5.41, 5.74) is 2.64. The van der Waals surface area contributed by atoms with E-state index >= 15 is 0 Å². The lowest BCUT2D eigenvalue weighted by molar-refractivity contribution is -0.120. The van der Waals surface area contributed by atoms with Crippen molar-refractivity contribution in [2.45, 2.75) is 4.90 Å². The molecule has 2 amide bonds. The van der Waals surface area contributed by atoms with E-state index in [4.69, 9.17) is 0 Å². The number of thioether (sulfide) groups is 1. The highest BCUT2D eigenvalue weighted by Gasteiger charge is 2.26. The fraction of sp³-hybridized carbons (Fsp3) is 0.333. The number of fused-ring (bicyclic) bond motifs is 1. The van der Waals surface area contributed by atoms with Crippen LogP contribution in [0.3, 0.4) is 0 Å². The van der Waals surface area contributed by atoms with Crippen LogP contribution in [0.15, 0.2) is 53.4 Å². The summed E-state index contributed by atoms with van der Waals surface area (Å²) in [5, 5.41) is 3.02. The van der Waals surface area contributed by atoms with Crippen molar-refractivity contribution in [1.82, 2.24) is 4.90 Å². The lowest BCUT2D eigenvalue weighted by atomic mass is 10.2. The van der Waals surface area contributed by atoms with Crippen LogP contribution in [0.4, 0.5) is 17.1 Å². The van der Waals surface area contributed by atoms with Crippen LogP contribution in [-0.4, -0.2) is 62.2 Å². The average Bonchev–Trinajstić information content (AvgIpc) is 2.71. The van der Waals surface area contributed by atoms with Crippen molar-refractivity contribution in [3.63, 3.8) is 0 Å². The molecule has 2 aromatic carbocycles. The Morgan fingerprint density at radius 3 is 2.46 bits per heavy atom. The molecule has 0 aliphatic carbocycles. The van der Waals surface area contributed by atoms with Crippen molar-refractivity contribution >= 4 is 40.6 Å². The Kier molecular flexibility index (Phi) is 5.54. The van der Waals surface area contributed by atoms with E-state index in [-0.39, 0.29) is 18.4 Å². The van der Waals surface area contributed by atoms with Crippen LogP contribution >= 0.6 is 11.8 Å². The van der Waals surface area contributed by atoms with Crippen molar-refractivity contribution in [3.05, 3.63) is 48.5 Å². The maximum absolute atomic E-state index is 12.8. The molecule has 28 heavy (non-hydrogen) atoms. The van der Waals surface area contributed by atoms with Gasteiger partial charge in [-0.2, -0.15) is 0 Å². The predicted octanol–water partition coefficient (Wildman–Crippen LogP) is 2.52. The van der Waals surface area contributed by atoms with E-state index in [1.807, 2.05) is 48.5 Å². The number of anilines is 3. The van der Waals surface area contributed by atoms with Crippen LogP contribution in [-0.2, 0) is 9.59 Å². The molecular weight excluding hydrogens is 372 g/mol. The second-order valence-electron chi connectivity index (χ2n) is 7.09. The number of nitrogens with zero attached hydrogens (tertiary/aromatic N) is 3. The Hall–Kier alpha value is -2.51. The first-order valence-corrected chi connectivity index (χ1v) is 10.4. The number of piperazine rings is 1. The standard InChI is InChI=1S/C21H24N4O2S/c1-23-10-12-24(13-11-23)17-7-3-2-6-16(17)22-20(26)14-25-18-8-4-5-9-19(18)28-15-21(25)27/h2-9H,10-15H2,1H3,(H,22,26). The molecule has 0 spiro atoms. The molecular formula is C21H24N4O2S. The van der Waals surface area contributed by atoms with Crippen molar-refractivity contribution in [1.29, 1.82) is 0 Å². The summed E-state index contributed by atoms with van der Waals surface area (Å²) < 4.78 is 0. The number of likely N-dealkylation sites (N-methyl/N-ethyl adjacent to an activating group) is 1. The van der Waals surface area contributed by atoms with Crippen molar-refractivity contribution in [2.24, 2.45) is 0 Å². The van der Waals surface area contributed by atoms with Gasteiger partial charge in [0, 0.05) is 31.1 Å². The number of hydrogen-bond acceptors (Lipinski definition) is 5. The largest absolute Gasteiger partial charge is 0.367 e. The van der Waals surface area contributed by atoms with Gasteiger partial charge in [0.05, 0.1) is 22.8 Å². The number of nitrogens with one attached hydrogen (secondary N) is 1. The van der Waals surface area contributed by atoms with Gasteiger partial charge in [-0.15, -0.1) is 11.8 Å². The van der Waals surface area contributed by atoms with Gasteiger partial charge in [-0.05, 0) is 31.3 Å². The zero-order valence-corrected chi connectivity index (χ0v) is 16.7. The Bertz CT molecular complexity index is 880. The first kappa shape index (κ1) is 18.8. The van der Waals surface area contributed by atoms with Gasteiger partial charge in [0.25, 0.3) is 0 Å². The van der Waals surface area contributed by atoms with Gasteiger partial charge >= 0.3 is 0 Å². The third-order valence-electron chi connectivity index (χ3n) is 5.13. The van der Waals surface area contributed by atoms with Crippen LogP contribution in [0.25, 0.3) is 0 Å². The lowest BCUT2D eigenvalue weighted by Gasteiger charge is -2.35. The molecule has 0 unspecified atom stereocenters. The van der Waals surface area contributed by atoms with Gasteiger partial charge in [0.2, 0.25) is 11.8 Å². The molecule has 2 aromatic rings. The number of carbonyl (C=O) groups is 2. The molecule has 0 radical (unpaired) electrons. The molecule has 6 nitrogen and oxygen atoms in total. The van der Waals surface area contributed by atoms with Crippen molar-refractivity contribution in [2.75, 3.05) is 60.6 Å². The summed E-state index contributed by atoms with van der Waals surface area (Å²) in [6.45, 7) is 3.88. The summed E-state index contributed by atoms with van der Waals surface area (Å²) >= 11 is 1.52. The van der Waals surface area contributed by atoms with Crippen LogP contribution in [0, 0.1) is 0 Å². The molecule has 2 aliphatic rings. The zero-order valence-electron chi connectivity index (χ0n) is 15.9. The molecule has 0 saturated carbocycles. The minimum Gasteiger partial charge on any atom is -0.367 e. The Morgan fingerprint density at radius 1 is 1.00 bits per heavy atom. The molecule has 0 atom stereocenters. The first-order chi connectivity index (χ1) is 13.6. The van der Waals surface area contributed by atoms with E-state index in [0.717, 1.165) is 48.1 Å². The predicted molar refractivity (Wildman–Crippen MR) is 114 cm³/mol. The number of para-hydroxylation sites is 3. The number of amides is 2. The third-order valence-corrected chi connectivity index (χ3v) is 6.18. The van der Waals surface area contributed by atoms with Crippen LogP contribution < -0.4 is 15.1 Å². The van der Waals surface area contributed by atoms with E-state index in [0.29, 0.717) is 5.75 Å². The molecule has 0 aromatic heterocycles. The highest BCUT2D eigenvalue weighted by atomic mass is 32.2. The fourth-order valence-electron chi connectivity index (χ4n) is 3.56. The van der Waals surface area contributed by atoms with E-state index in [1.165, 1.54) is 11.8 Å². The minimum atomic E-state index is -0.184. The summed E-state index contributed by atoms with van der Waals surface area (Å²) in [7, 11) is 2.12. The summed E-state index contributed by atoms with van der Waals surface area (Å²) in [5.74, 6) is 0.144. The molecule has 1 saturated heterocycles. The van der Waals surface area contributed by atoms with E-state index < -0.39 is 0 Å². The first-order valence-electron chi connectivity index (χ1n) is 9.46. The highest BCUT2D eigenvalue weighted by Crippen LogP contribution is 2.35. The number of carbonyl (C=O) groups excluding carboxylic acids is 2. The van der Waals surface area contributed by atoms with E-state index in [2.05, 4.69) is 22.2 Å².